The number of hydrogen-bond donors (Lipinski definition) is 1. The van der Waals surface area contributed by atoms with Crippen LogP contribution in [-0.2, 0) is 4.79 Å². The standard InChI is InChI=1S/C12H24O2/c1-4-5-6-7-8-11(12(13)14)9-10(2)3/h10-11H,4-9H2,1-3H3,(H,13,14). The van der Waals surface area contributed by atoms with Gasteiger partial charge in [0.05, 0.1) is 5.92 Å². The van der Waals surface area contributed by atoms with E-state index in [1.807, 2.05) is 0 Å². The van der Waals surface area contributed by atoms with Gasteiger partial charge in [-0.3, -0.25) is 4.79 Å². The van der Waals surface area contributed by atoms with Gasteiger partial charge in [0.25, 0.3) is 0 Å². The molecule has 14 heavy (non-hydrogen) atoms. The number of aliphatic carboxylic acids is 1. The van der Waals surface area contributed by atoms with E-state index < -0.39 is 5.97 Å². The van der Waals surface area contributed by atoms with Gasteiger partial charge < -0.3 is 5.11 Å². The van der Waals surface area contributed by atoms with Crippen molar-refractivity contribution in [3.8, 4) is 0 Å². The van der Waals surface area contributed by atoms with Crippen molar-refractivity contribution in [2.24, 2.45) is 11.8 Å². The monoisotopic (exact) mass is 200 g/mol. The fourth-order valence-electron chi connectivity index (χ4n) is 1.73. The van der Waals surface area contributed by atoms with E-state index in [2.05, 4.69) is 20.8 Å². The lowest BCUT2D eigenvalue weighted by atomic mass is 9.92. The molecular weight excluding hydrogens is 176 g/mol. The Morgan fingerprint density at radius 1 is 1.21 bits per heavy atom. The summed E-state index contributed by atoms with van der Waals surface area (Å²) in [5.41, 5.74) is 0. The van der Waals surface area contributed by atoms with Gasteiger partial charge >= 0.3 is 5.97 Å². The topological polar surface area (TPSA) is 37.3 Å². The molecule has 0 aromatic carbocycles. The summed E-state index contributed by atoms with van der Waals surface area (Å²) in [6, 6.07) is 0. The van der Waals surface area contributed by atoms with E-state index in [0.717, 1.165) is 19.3 Å². The Labute approximate surface area is 87.7 Å². The quantitative estimate of drug-likeness (QED) is 0.606. The number of hydrogen-bond acceptors (Lipinski definition) is 1. The van der Waals surface area contributed by atoms with E-state index in [-0.39, 0.29) is 5.92 Å². The first-order chi connectivity index (χ1) is 6.57. The maximum atomic E-state index is 10.9. The van der Waals surface area contributed by atoms with Gasteiger partial charge in [-0.2, -0.15) is 0 Å². The third-order valence-electron chi connectivity index (χ3n) is 2.51. The van der Waals surface area contributed by atoms with E-state index in [1.165, 1.54) is 19.3 Å². The van der Waals surface area contributed by atoms with Crippen molar-refractivity contribution in [1.82, 2.24) is 0 Å². The fourth-order valence-corrected chi connectivity index (χ4v) is 1.73. The molecule has 2 heteroatoms. The number of carboxylic acid groups (broad SMARTS) is 1. The summed E-state index contributed by atoms with van der Waals surface area (Å²) >= 11 is 0. The summed E-state index contributed by atoms with van der Waals surface area (Å²) in [6.07, 6.45) is 6.36. The third kappa shape index (κ3) is 6.93. The average Bonchev–Trinajstić information content (AvgIpc) is 2.09. The van der Waals surface area contributed by atoms with E-state index in [1.54, 1.807) is 0 Å². The number of unbranched alkanes of at least 4 members (excludes halogenated alkanes) is 3. The fraction of sp³-hybridized carbons (Fsp3) is 0.917. The highest BCUT2D eigenvalue weighted by molar-refractivity contribution is 5.69. The highest BCUT2D eigenvalue weighted by Gasteiger charge is 2.17. The van der Waals surface area contributed by atoms with E-state index >= 15 is 0 Å². The van der Waals surface area contributed by atoms with Crippen LogP contribution in [-0.4, -0.2) is 11.1 Å². The zero-order valence-corrected chi connectivity index (χ0v) is 9.75. The summed E-state index contributed by atoms with van der Waals surface area (Å²) in [6.45, 7) is 6.34. The Morgan fingerprint density at radius 3 is 2.29 bits per heavy atom. The second kappa shape index (κ2) is 7.84. The predicted molar refractivity (Wildman–Crippen MR) is 59.3 cm³/mol. The molecule has 0 heterocycles. The van der Waals surface area contributed by atoms with Gasteiger partial charge in [-0.15, -0.1) is 0 Å². The first-order valence-corrected chi connectivity index (χ1v) is 5.80. The molecule has 0 aliphatic carbocycles. The van der Waals surface area contributed by atoms with Gasteiger partial charge in [0.2, 0.25) is 0 Å². The van der Waals surface area contributed by atoms with E-state index in [4.69, 9.17) is 5.11 Å². The van der Waals surface area contributed by atoms with Crippen molar-refractivity contribution in [3.63, 3.8) is 0 Å². The lowest BCUT2D eigenvalue weighted by Gasteiger charge is -2.14. The minimum atomic E-state index is -0.616. The maximum Gasteiger partial charge on any atom is 0.306 e. The molecule has 0 radical (unpaired) electrons. The highest BCUT2D eigenvalue weighted by Crippen LogP contribution is 2.19. The minimum absolute atomic E-state index is 0.119. The Kier molecular flexibility index (Phi) is 7.54. The van der Waals surface area contributed by atoms with Gasteiger partial charge in [-0.1, -0.05) is 46.5 Å². The average molecular weight is 200 g/mol. The van der Waals surface area contributed by atoms with Gasteiger partial charge in [-0.25, -0.2) is 0 Å². The highest BCUT2D eigenvalue weighted by atomic mass is 16.4. The lowest BCUT2D eigenvalue weighted by Crippen LogP contribution is -2.15. The zero-order chi connectivity index (χ0) is 11.0. The smallest absolute Gasteiger partial charge is 0.306 e. The van der Waals surface area contributed by atoms with Crippen LogP contribution in [0.3, 0.4) is 0 Å². The van der Waals surface area contributed by atoms with Crippen LogP contribution in [0.15, 0.2) is 0 Å². The van der Waals surface area contributed by atoms with Crippen LogP contribution in [0.5, 0.6) is 0 Å². The second-order valence-corrected chi connectivity index (χ2v) is 4.51. The Balaban J connectivity index is 3.68. The van der Waals surface area contributed by atoms with Crippen molar-refractivity contribution < 1.29 is 9.90 Å². The Morgan fingerprint density at radius 2 is 1.86 bits per heavy atom. The van der Waals surface area contributed by atoms with Crippen LogP contribution in [0, 0.1) is 11.8 Å². The summed E-state index contributed by atoms with van der Waals surface area (Å²) in [5.74, 6) is -0.246. The summed E-state index contributed by atoms with van der Waals surface area (Å²) in [5, 5.41) is 8.98. The molecule has 1 unspecified atom stereocenters. The first kappa shape index (κ1) is 13.5. The van der Waals surface area contributed by atoms with Gasteiger partial charge in [0.15, 0.2) is 0 Å². The molecule has 0 aromatic rings. The van der Waals surface area contributed by atoms with Crippen molar-refractivity contribution >= 4 is 5.97 Å². The van der Waals surface area contributed by atoms with Crippen LogP contribution in [0.4, 0.5) is 0 Å². The molecule has 2 nitrogen and oxygen atoms in total. The minimum Gasteiger partial charge on any atom is -0.481 e. The molecule has 0 fully saturated rings. The van der Waals surface area contributed by atoms with Crippen LogP contribution in [0.2, 0.25) is 0 Å². The van der Waals surface area contributed by atoms with Gasteiger partial charge in [-0.05, 0) is 18.8 Å². The molecule has 0 aromatic heterocycles. The molecule has 0 saturated heterocycles. The molecule has 0 spiro atoms. The first-order valence-electron chi connectivity index (χ1n) is 5.80. The van der Waals surface area contributed by atoms with Crippen molar-refractivity contribution in [2.75, 3.05) is 0 Å². The Hall–Kier alpha value is -0.530. The second-order valence-electron chi connectivity index (χ2n) is 4.51. The molecule has 1 N–H and O–H groups in total. The van der Waals surface area contributed by atoms with Crippen molar-refractivity contribution in [2.45, 2.75) is 59.3 Å². The summed E-state index contributed by atoms with van der Waals surface area (Å²) < 4.78 is 0. The largest absolute Gasteiger partial charge is 0.481 e. The molecule has 0 aliphatic heterocycles. The molecule has 0 bridgehead atoms. The third-order valence-corrected chi connectivity index (χ3v) is 2.51. The van der Waals surface area contributed by atoms with Crippen LogP contribution < -0.4 is 0 Å². The maximum absolute atomic E-state index is 10.9. The predicted octanol–water partition coefficient (Wildman–Crippen LogP) is 3.70. The lowest BCUT2D eigenvalue weighted by molar-refractivity contribution is -0.142. The molecule has 0 aliphatic rings. The Bertz CT molecular complexity index is 152. The van der Waals surface area contributed by atoms with E-state index in [0.29, 0.717) is 5.92 Å². The van der Waals surface area contributed by atoms with Crippen molar-refractivity contribution in [3.05, 3.63) is 0 Å². The molecule has 0 rings (SSSR count). The molecular formula is C12H24O2. The summed E-state index contributed by atoms with van der Waals surface area (Å²) in [4.78, 5) is 10.9. The molecule has 84 valence electrons. The number of carboxylic acids is 1. The SMILES string of the molecule is CCCCCCC(CC(C)C)C(=O)O. The molecule has 1 atom stereocenters. The number of rotatable bonds is 8. The normalized spacial score (nSPS) is 13.1. The zero-order valence-electron chi connectivity index (χ0n) is 9.75. The van der Waals surface area contributed by atoms with E-state index in [9.17, 15) is 4.79 Å². The van der Waals surface area contributed by atoms with Crippen LogP contribution in [0.1, 0.15) is 59.3 Å². The van der Waals surface area contributed by atoms with Crippen LogP contribution >= 0.6 is 0 Å². The van der Waals surface area contributed by atoms with Gasteiger partial charge in [0.1, 0.15) is 0 Å². The molecule has 0 amide bonds. The van der Waals surface area contributed by atoms with Crippen molar-refractivity contribution in [1.29, 1.82) is 0 Å². The van der Waals surface area contributed by atoms with Gasteiger partial charge in [0, 0.05) is 0 Å². The number of carbonyl (C=O) groups is 1. The van der Waals surface area contributed by atoms with Crippen LogP contribution in [0.25, 0.3) is 0 Å². The summed E-state index contributed by atoms with van der Waals surface area (Å²) in [7, 11) is 0. The molecule has 0 saturated carbocycles.